The van der Waals surface area contributed by atoms with Crippen molar-refractivity contribution >= 4 is 46.9 Å². The maximum absolute atomic E-state index is 13.8. The van der Waals surface area contributed by atoms with Crippen molar-refractivity contribution in [3.63, 3.8) is 0 Å². The number of ether oxygens (including phenoxy) is 2. The van der Waals surface area contributed by atoms with Crippen molar-refractivity contribution in [1.82, 2.24) is 35.5 Å². The number of carbonyl (C=O) groups excluding carboxylic acids is 5. The lowest BCUT2D eigenvalue weighted by atomic mass is 9.80. The van der Waals surface area contributed by atoms with Gasteiger partial charge in [0.15, 0.2) is 5.82 Å². The third-order valence-electron chi connectivity index (χ3n) is 11.5. The average Bonchev–Trinajstić information content (AvgIpc) is 3.72. The summed E-state index contributed by atoms with van der Waals surface area (Å²) in [5.74, 6) is 0.00987. The minimum atomic E-state index is -0.750. The van der Waals surface area contributed by atoms with Crippen LogP contribution in [-0.4, -0.2) is 117 Å². The third kappa shape index (κ3) is 9.13. The van der Waals surface area contributed by atoms with Crippen LogP contribution < -0.4 is 30.5 Å². The van der Waals surface area contributed by atoms with Gasteiger partial charge in [-0.1, -0.05) is 24.3 Å². The normalized spacial score (nSPS) is 21.0. The number of imide groups is 1. The number of carbonyl (C=O) groups is 5. The summed E-state index contributed by atoms with van der Waals surface area (Å²) >= 11 is 0. The maximum Gasteiger partial charge on any atom is 0.408 e. The van der Waals surface area contributed by atoms with E-state index in [9.17, 15) is 29.1 Å². The van der Waals surface area contributed by atoms with Crippen LogP contribution in [0.3, 0.4) is 0 Å². The Bertz CT molecular complexity index is 2330. The van der Waals surface area contributed by atoms with Gasteiger partial charge in [0, 0.05) is 31.1 Å². The number of nitrogens with zero attached hydrogens (tertiary/aromatic N) is 7. The summed E-state index contributed by atoms with van der Waals surface area (Å²) < 4.78 is 13.0. The second-order valence-electron chi connectivity index (χ2n) is 16.8. The van der Waals surface area contributed by atoms with Crippen molar-refractivity contribution in [3.8, 4) is 28.4 Å². The summed E-state index contributed by atoms with van der Waals surface area (Å²) in [5.41, 5.74) is 2.93. The van der Waals surface area contributed by atoms with Crippen LogP contribution in [0.1, 0.15) is 70.8 Å². The first-order chi connectivity index (χ1) is 29.3. The summed E-state index contributed by atoms with van der Waals surface area (Å²) in [6.45, 7) is 7.19. The smallest absolute Gasteiger partial charge is 0.408 e. The number of hydrogen-bond acceptors (Lipinski definition) is 13. The number of fused-ring (bicyclic) bond motifs is 1. The van der Waals surface area contributed by atoms with Gasteiger partial charge in [0.2, 0.25) is 23.6 Å². The van der Waals surface area contributed by atoms with E-state index in [1.807, 2.05) is 12.1 Å². The molecule has 2 aromatic heterocycles. The lowest BCUT2D eigenvalue weighted by molar-refractivity contribution is -0.134. The van der Waals surface area contributed by atoms with E-state index >= 15 is 0 Å². The second-order valence-corrected chi connectivity index (χ2v) is 16.8. The number of piperazine rings is 1. The highest BCUT2D eigenvalue weighted by molar-refractivity contribution is 6.02. The van der Waals surface area contributed by atoms with Crippen LogP contribution in [0.15, 0.2) is 60.9 Å². The number of rotatable bonds is 9. The standard InChI is InChI=1S/C43H50N10O8/c1-43(2,3)61-42(59)44-23-37(56)46-40-34(21-31(48-49-40)30-7-4-5-10-35(30)54)53-24-28(22-45-53)51-18-17-50(25-38(51)57)27-13-11-26(12-14-27)29-8-6-9-32-39(29)60-20-19-52(32)33-15-16-36(55)47-41(33)58/h4-10,21-22,24,26-27,33,54H,11-20,23,25H2,1-3H3,(H,44,59)(H,46,49,56)(H,47,55,58). The molecule has 3 aliphatic heterocycles. The molecule has 2 saturated heterocycles. The van der Waals surface area contributed by atoms with Gasteiger partial charge in [0.05, 0.1) is 42.6 Å². The van der Waals surface area contributed by atoms with E-state index < -0.39 is 30.2 Å². The molecule has 18 heteroatoms. The second kappa shape index (κ2) is 17.2. The fourth-order valence-electron chi connectivity index (χ4n) is 8.64. The molecule has 5 heterocycles. The Morgan fingerprint density at radius 3 is 2.52 bits per heavy atom. The fraction of sp³-hybridized carbons (Fsp3) is 0.442. The number of phenolic OH excluding ortho intramolecular Hbond substituents is 1. The number of hydrogen-bond donors (Lipinski definition) is 4. The van der Waals surface area contributed by atoms with Crippen LogP contribution in [0.4, 0.5) is 22.0 Å². The average molecular weight is 835 g/mol. The number of para-hydroxylation sites is 2. The Morgan fingerprint density at radius 1 is 0.967 bits per heavy atom. The van der Waals surface area contributed by atoms with E-state index in [0.29, 0.717) is 61.7 Å². The van der Waals surface area contributed by atoms with Crippen molar-refractivity contribution < 1.29 is 38.6 Å². The van der Waals surface area contributed by atoms with Crippen LogP contribution >= 0.6 is 0 Å². The predicted molar refractivity (Wildman–Crippen MR) is 223 cm³/mol. The van der Waals surface area contributed by atoms with Gasteiger partial charge in [-0.05, 0) is 88.6 Å². The molecule has 8 rings (SSSR count). The molecule has 0 radical (unpaired) electrons. The van der Waals surface area contributed by atoms with Gasteiger partial charge in [-0.3, -0.25) is 29.4 Å². The zero-order chi connectivity index (χ0) is 42.8. The largest absolute Gasteiger partial charge is 0.507 e. The van der Waals surface area contributed by atoms with E-state index in [-0.39, 0.29) is 47.8 Å². The molecule has 61 heavy (non-hydrogen) atoms. The Kier molecular flexibility index (Phi) is 11.6. The molecule has 1 aliphatic carbocycles. The molecule has 5 amide bonds. The first-order valence-electron chi connectivity index (χ1n) is 20.7. The molecule has 0 bridgehead atoms. The molecule has 1 atom stereocenters. The minimum Gasteiger partial charge on any atom is -0.507 e. The van der Waals surface area contributed by atoms with Crippen molar-refractivity contribution in [1.29, 1.82) is 0 Å². The number of piperidine rings is 1. The zero-order valence-corrected chi connectivity index (χ0v) is 34.4. The quantitative estimate of drug-likeness (QED) is 0.177. The van der Waals surface area contributed by atoms with Crippen LogP contribution in [0.25, 0.3) is 16.9 Å². The first-order valence-corrected chi connectivity index (χ1v) is 20.7. The third-order valence-corrected chi connectivity index (χ3v) is 11.5. The molecular weight excluding hydrogens is 785 g/mol. The van der Waals surface area contributed by atoms with Gasteiger partial charge in [-0.15, -0.1) is 10.2 Å². The van der Waals surface area contributed by atoms with Gasteiger partial charge in [0.1, 0.15) is 42.0 Å². The lowest BCUT2D eigenvalue weighted by Crippen LogP contribution is -2.54. The Hall–Kier alpha value is -6.56. The molecule has 0 spiro atoms. The van der Waals surface area contributed by atoms with Crippen LogP contribution in [0, 0.1) is 0 Å². The van der Waals surface area contributed by atoms with E-state index in [4.69, 9.17) is 9.47 Å². The molecule has 1 saturated carbocycles. The van der Waals surface area contributed by atoms with Crippen LogP contribution in [0.5, 0.6) is 11.5 Å². The summed E-state index contributed by atoms with van der Waals surface area (Å²) in [6.07, 6.45) is 7.03. The maximum atomic E-state index is 13.8. The fourth-order valence-corrected chi connectivity index (χ4v) is 8.64. The number of phenols is 1. The summed E-state index contributed by atoms with van der Waals surface area (Å²) in [4.78, 5) is 69.5. The van der Waals surface area contributed by atoms with Gasteiger partial charge in [-0.25, -0.2) is 9.48 Å². The SMILES string of the molecule is CC(C)(C)OC(=O)NCC(=O)Nc1nnc(-c2ccccc2O)cc1-n1cc(N2CCN(C3CCC(c4cccc5c4OCCN5C4CCC(=O)NC4=O)CC3)CC2=O)cn1. The number of aromatic nitrogens is 4. The highest BCUT2D eigenvalue weighted by atomic mass is 16.6. The van der Waals surface area contributed by atoms with E-state index in [0.717, 1.165) is 42.7 Å². The minimum absolute atomic E-state index is 0.00873. The van der Waals surface area contributed by atoms with E-state index in [2.05, 4.69) is 47.1 Å². The summed E-state index contributed by atoms with van der Waals surface area (Å²) in [5, 5.41) is 31.2. The molecule has 4 aliphatic rings. The topological polar surface area (TPSA) is 213 Å². The number of benzene rings is 2. The van der Waals surface area contributed by atoms with Crippen molar-refractivity contribution in [3.05, 3.63) is 66.5 Å². The highest BCUT2D eigenvalue weighted by Gasteiger charge is 2.38. The van der Waals surface area contributed by atoms with E-state index in [1.54, 1.807) is 62.3 Å². The number of nitrogens with one attached hydrogen (secondary N) is 3. The molecule has 320 valence electrons. The molecule has 3 fully saturated rings. The Labute approximate surface area is 352 Å². The zero-order valence-electron chi connectivity index (χ0n) is 34.4. The van der Waals surface area contributed by atoms with Gasteiger partial charge in [0.25, 0.3) is 0 Å². The van der Waals surface area contributed by atoms with Gasteiger partial charge < -0.3 is 35.0 Å². The molecule has 2 aromatic carbocycles. The first kappa shape index (κ1) is 41.2. The number of anilines is 3. The molecule has 1 unspecified atom stereocenters. The Morgan fingerprint density at radius 2 is 1.77 bits per heavy atom. The highest BCUT2D eigenvalue weighted by Crippen LogP contribution is 2.45. The summed E-state index contributed by atoms with van der Waals surface area (Å²) in [7, 11) is 0. The number of amides is 5. The van der Waals surface area contributed by atoms with Gasteiger partial charge >= 0.3 is 6.09 Å². The monoisotopic (exact) mass is 834 g/mol. The van der Waals surface area contributed by atoms with Crippen molar-refractivity contribution in [2.75, 3.05) is 54.4 Å². The van der Waals surface area contributed by atoms with Crippen LogP contribution in [0.2, 0.25) is 0 Å². The van der Waals surface area contributed by atoms with Crippen molar-refractivity contribution in [2.24, 2.45) is 0 Å². The summed E-state index contributed by atoms with van der Waals surface area (Å²) in [6, 6.07) is 14.3. The molecule has 4 aromatic rings. The Balaban J connectivity index is 0.919. The van der Waals surface area contributed by atoms with Crippen molar-refractivity contribution in [2.45, 2.75) is 82.9 Å². The van der Waals surface area contributed by atoms with E-state index in [1.165, 1.54) is 10.7 Å². The molecular formula is C43H50N10O8. The molecule has 18 nitrogen and oxygen atoms in total. The number of alkyl carbamates (subject to hydrolysis) is 1. The van der Waals surface area contributed by atoms with Gasteiger partial charge in [-0.2, -0.15) is 5.10 Å². The van der Waals surface area contributed by atoms with Crippen LogP contribution in [-0.2, 0) is 23.9 Å². The predicted octanol–water partition coefficient (Wildman–Crippen LogP) is 3.88. The molecule has 4 N–H and O–H groups in total. The lowest BCUT2D eigenvalue weighted by Gasteiger charge is -2.42. The number of aromatic hydroxyl groups is 1.